The molecule has 3 fully saturated rings. The van der Waals surface area contributed by atoms with E-state index in [4.69, 9.17) is 0 Å². The van der Waals surface area contributed by atoms with E-state index in [0.717, 1.165) is 31.7 Å². The summed E-state index contributed by atoms with van der Waals surface area (Å²) >= 11 is 0. The van der Waals surface area contributed by atoms with Crippen molar-refractivity contribution >= 4 is 11.8 Å². The molecule has 2 amide bonds. The SMILES string of the molecule is O=C(NCc1ccc(F)cc1F)c1cn2c(c(O)c1=O)C(=O)N1[C@H]3CC[C@H](CC3)[C@@H]1C2. The molecule has 0 radical (unpaired) electrons. The molecule has 1 atom stereocenters. The molecule has 4 aliphatic rings. The molecule has 2 bridgehead atoms. The molecule has 2 saturated heterocycles. The van der Waals surface area contributed by atoms with Crippen molar-refractivity contribution < 1.29 is 23.5 Å². The number of nitrogens with zero attached hydrogens (tertiary/aromatic N) is 2. The number of carbonyl (C=O) groups excluding carboxylic acids is 2. The summed E-state index contributed by atoms with van der Waals surface area (Å²) in [6, 6.07) is 3.08. The molecule has 2 N–H and O–H groups in total. The van der Waals surface area contributed by atoms with Crippen LogP contribution in [0.5, 0.6) is 5.75 Å². The smallest absolute Gasteiger partial charge is 0.275 e. The van der Waals surface area contributed by atoms with E-state index >= 15 is 0 Å². The van der Waals surface area contributed by atoms with E-state index in [1.807, 2.05) is 4.90 Å². The number of nitrogens with one attached hydrogen (secondary N) is 1. The molecule has 4 heterocycles. The molecule has 1 aromatic carbocycles. The summed E-state index contributed by atoms with van der Waals surface area (Å²) in [5.74, 6) is -3.11. The molecule has 1 aliphatic carbocycles. The molecule has 162 valence electrons. The summed E-state index contributed by atoms with van der Waals surface area (Å²) in [6.07, 6.45) is 5.23. The lowest BCUT2D eigenvalue weighted by atomic mass is 9.73. The van der Waals surface area contributed by atoms with Gasteiger partial charge < -0.3 is 19.9 Å². The van der Waals surface area contributed by atoms with Gasteiger partial charge in [-0.1, -0.05) is 6.07 Å². The number of hydrogen-bond acceptors (Lipinski definition) is 4. The Balaban J connectivity index is 1.44. The molecule has 1 saturated carbocycles. The average Bonchev–Trinajstić information content (AvgIpc) is 2.76. The topological polar surface area (TPSA) is 91.6 Å². The highest BCUT2D eigenvalue weighted by Gasteiger charge is 2.48. The van der Waals surface area contributed by atoms with E-state index in [9.17, 15) is 28.3 Å². The van der Waals surface area contributed by atoms with E-state index in [1.54, 1.807) is 0 Å². The van der Waals surface area contributed by atoms with Crippen molar-refractivity contribution in [2.75, 3.05) is 0 Å². The van der Waals surface area contributed by atoms with Gasteiger partial charge in [-0.15, -0.1) is 0 Å². The number of aromatic hydroxyl groups is 1. The molecular weight excluding hydrogens is 408 g/mol. The maximum atomic E-state index is 13.8. The molecule has 6 rings (SSSR count). The van der Waals surface area contributed by atoms with Gasteiger partial charge in [-0.3, -0.25) is 14.4 Å². The third-order valence-corrected chi connectivity index (χ3v) is 6.81. The van der Waals surface area contributed by atoms with Gasteiger partial charge >= 0.3 is 0 Å². The van der Waals surface area contributed by atoms with Crippen LogP contribution in [0.1, 0.15) is 52.1 Å². The van der Waals surface area contributed by atoms with Crippen LogP contribution < -0.4 is 10.7 Å². The third-order valence-electron chi connectivity index (χ3n) is 6.81. The summed E-state index contributed by atoms with van der Waals surface area (Å²) in [7, 11) is 0. The Bertz CT molecular complexity index is 1150. The van der Waals surface area contributed by atoms with Crippen molar-refractivity contribution in [3.8, 4) is 5.75 Å². The largest absolute Gasteiger partial charge is 0.503 e. The summed E-state index contributed by atoms with van der Waals surface area (Å²) in [5.41, 5.74) is -1.31. The molecule has 9 heteroatoms. The van der Waals surface area contributed by atoms with Crippen molar-refractivity contribution in [3.05, 3.63) is 63.1 Å². The Hall–Kier alpha value is -3.23. The summed E-state index contributed by atoms with van der Waals surface area (Å²) in [5, 5.41) is 12.9. The first-order chi connectivity index (χ1) is 14.8. The standard InChI is InChI=1S/C22H21F2N3O4/c23-13-4-1-12(16(24)7-13)8-25-21(30)15-9-26-10-17-11-2-5-14(6-3-11)27(17)22(31)18(26)20(29)19(15)28/h1,4,7,9,11,14,17,29H,2-3,5-6,8,10H2,(H,25,30)/t11-,14+,17-/m0/s1. The number of pyridine rings is 1. The zero-order valence-corrected chi connectivity index (χ0v) is 16.6. The van der Waals surface area contributed by atoms with Gasteiger partial charge in [-0.05, 0) is 37.7 Å². The fraction of sp³-hybridized carbons (Fsp3) is 0.409. The van der Waals surface area contributed by atoms with Gasteiger partial charge in [0.1, 0.15) is 17.2 Å². The molecule has 0 spiro atoms. The van der Waals surface area contributed by atoms with Gasteiger partial charge in [0.05, 0.1) is 6.04 Å². The van der Waals surface area contributed by atoms with Crippen molar-refractivity contribution in [2.24, 2.45) is 5.92 Å². The number of amides is 2. The lowest BCUT2D eigenvalue weighted by Crippen LogP contribution is -2.61. The Labute approximate surface area is 176 Å². The Morgan fingerprint density at radius 2 is 1.90 bits per heavy atom. The Morgan fingerprint density at radius 1 is 1.16 bits per heavy atom. The number of hydrogen-bond donors (Lipinski definition) is 2. The number of carbonyl (C=O) groups is 2. The number of rotatable bonds is 3. The van der Waals surface area contributed by atoms with E-state index in [1.165, 1.54) is 16.8 Å². The van der Waals surface area contributed by atoms with Crippen LogP contribution in [-0.2, 0) is 13.1 Å². The fourth-order valence-electron chi connectivity index (χ4n) is 5.26. The second-order valence-electron chi connectivity index (χ2n) is 8.49. The van der Waals surface area contributed by atoms with E-state index in [0.29, 0.717) is 18.5 Å². The van der Waals surface area contributed by atoms with Crippen LogP contribution in [0.2, 0.25) is 0 Å². The normalized spacial score (nSPS) is 24.0. The Morgan fingerprint density at radius 3 is 2.61 bits per heavy atom. The number of piperidine rings is 2. The average molecular weight is 429 g/mol. The molecule has 3 aliphatic heterocycles. The highest BCUT2D eigenvalue weighted by molar-refractivity contribution is 5.99. The Kier molecular flexibility index (Phi) is 4.56. The lowest BCUT2D eigenvalue weighted by molar-refractivity contribution is -0.0181. The maximum Gasteiger partial charge on any atom is 0.275 e. The second-order valence-corrected chi connectivity index (χ2v) is 8.49. The summed E-state index contributed by atoms with van der Waals surface area (Å²) in [6.45, 7) is 0.148. The number of fused-ring (bicyclic) bond motifs is 3. The highest BCUT2D eigenvalue weighted by Crippen LogP contribution is 2.43. The van der Waals surface area contributed by atoms with E-state index in [2.05, 4.69) is 5.32 Å². The van der Waals surface area contributed by atoms with Crippen LogP contribution >= 0.6 is 0 Å². The summed E-state index contributed by atoms with van der Waals surface area (Å²) < 4.78 is 28.3. The van der Waals surface area contributed by atoms with Gasteiger partial charge in [0, 0.05) is 37.0 Å². The van der Waals surface area contributed by atoms with Gasteiger partial charge in [-0.2, -0.15) is 0 Å². The molecule has 2 aromatic rings. The summed E-state index contributed by atoms with van der Waals surface area (Å²) in [4.78, 5) is 40.2. The minimum Gasteiger partial charge on any atom is -0.503 e. The van der Waals surface area contributed by atoms with Crippen LogP contribution in [-0.4, -0.2) is 38.5 Å². The van der Waals surface area contributed by atoms with Crippen LogP contribution in [0, 0.1) is 17.6 Å². The van der Waals surface area contributed by atoms with Crippen LogP contribution in [0.25, 0.3) is 0 Å². The van der Waals surface area contributed by atoms with Crippen molar-refractivity contribution in [1.82, 2.24) is 14.8 Å². The first-order valence-corrected chi connectivity index (χ1v) is 10.4. The minimum absolute atomic E-state index is 0.0152. The van der Waals surface area contributed by atoms with Gasteiger partial charge in [-0.25, -0.2) is 8.78 Å². The number of aromatic nitrogens is 1. The van der Waals surface area contributed by atoms with Gasteiger partial charge in [0.25, 0.3) is 11.8 Å². The monoisotopic (exact) mass is 429 g/mol. The molecular formula is C22H21F2N3O4. The number of halogens is 2. The van der Waals surface area contributed by atoms with Crippen LogP contribution in [0.4, 0.5) is 8.78 Å². The van der Waals surface area contributed by atoms with Gasteiger partial charge in [0.15, 0.2) is 11.4 Å². The zero-order chi connectivity index (χ0) is 21.9. The first-order valence-electron chi connectivity index (χ1n) is 10.4. The van der Waals surface area contributed by atoms with E-state index in [-0.39, 0.29) is 41.4 Å². The minimum atomic E-state index is -0.947. The van der Waals surface area contributed by atoms with Crippen LogP contribution in [0.3, 0.4) is 0 Å². The molecule has 0 unspecified atom stereocenters. The maximum absolute atomic E-state index is 13.8. The predicted octanol–water partition coefficient (Wildman–Crippen LogP) is 2.16. The van der Waals surface area contributed by atoms with Crippen molar-refractivity contribution in [1.29, 1.82) is 0 Å². The number of benzene rings is 1. The molecule has 1 aromatic heterocycles. The molecule has 7 nitrogen and oxygen atoms in total. The lowest BCUT2D eigenvalue weighted by Gasteiger charge is -2.53. The van der Waals surface area contributed by atoms with Crippen molar-refractivity contribution in [3.63, 3.8) is 0 Å². The van der Waals surface area contributed by atoms with Crippen molar-refractivity contribution in [2.45, 2.75) is 50.9 Å². The van der Waals surface area contributed by atoms with Crippen LogP contribution in [0.15, 0.2) is 29.2 Å². The zero-order valence-electron chi connectivity index (χ0n) is 16.6. The molecule has 31 heavy (non-hydrogen) atoms. The van der Waals surface area contributed by atoms with Gasteiger partial charge in [0.2, 0.25) is 5.43 Å². The quantitative estimate of drug-likeness (QED) is 0.782. The second kappa shape index (κ2) is 7.18. The van der Waals surface area contributed by atoms with E-state index < -0.39 is 28.7 Å². The first kappa shape index (κ1) is 19.7. The fourth-order valence-corrected chi connectivity index (χ4v) is 5.26. The predicted molar refractivity (Wildman–Crippen MR) is 106 cm³/mol. The highest BCUT2D eigenvalue weighted by atomic mass is 19.1. The third kappa shape index (κ3) is 3.10.